The first-order chi connectivity index (χ1) is 8.83. The Morgan fingerprint density at radius 3 is 2.78 bits per heavy atom. The van der Waals surface area contributed by atoms with E-state index >= 15 is 0 Å². The number of nitrogens with one attached hydrogen (secondary N) is 1. The van der Waals surface area contributed by atoms with Crippen LogP contribution in [-0.2, 0) is 26.1 Å². The van der Waals surface area contributed by atoms with Crippen molar-refractivity contribution in [3.05, 3.63) is 35.0 Å². The summed E-state index contributed by atoms with van der Waals surface area (Å²) < 4.78 is 2.36. The van der Waals surface area contributed by atoms with Crippen molar-refractivity contribution < 1.29 is 0 Å². The summed E-state index contributed by atoms with van der Waals surface area (Å²) in [4.78, 5) is 0. The van der Waals surface area contributed by atoms with Gasteiger partial charge < -0.3 is 15.6 Å². The van der Waals surface area contributed by atoms with E-state index in [0.29, 0.717) is 0 Å². The Morgan fingerprint density at radius 2 is 2.06 bits per heavy atom. The first-order valence-electron chi connectivity index (χ1n) is 6.87. The first kappa shape index (κ1) is 11.8. The molecular weight excluding hydrogens is 222 g/mol. The molecular formula is C15H21N3. The molecule has 1 aliphatic heterocycles. The summed E-state index contributed by atoms with van der Waals surface area (Å²) >= 11 is 0. The Bertz CT molecular complexity index is 569. The van der Waals surface area contributed by atoms with Crippen LogP contribution in [0.5, 0.6) is 0 Å². The highest BCUT2D eigenvalue weighted by Crippen LogP contribution is 2.28. The van der Waals surface area contributed by atoms with Crippen LogP contribution in [0.15, 0.2) is 18.3 Å². The summed E-state index contributed by atoms with van der Waals surface area (Å²) in [6.45, 7) is 6.03. The Morgan fingerprint density at radius 1 is 1.28 bits per heavy atom. The fourth-order valence-electron chi connectivity index (χ4n) is 2.91. The number of nitrogens with zero attached hydrogens (tertiary/aromatic N) is 1. The third-order valence-electron chi connectivity index (χ3n) is 3.91. The summed E-state index contributed by atoms with van der Waals surface area (Å²) in [6.07, 6.45) is 4.47. The minimum absolute atomic E-state index is 0.769. The third-order valence-corrected chi connectivity index (χ3v) is 3.91. The first-order valence-corrected chi connectivity index (χ1v) is 6.87. The monoisotopic (exact) mass is 243 g/mol. The van der Waals surface area contributed by atoms with E-state index in [2.05, 4.69) is 35.1 Å². The number of nitrogens with two attached hydrogens (primary N) is 1. The molecule has 1 aromatic carbocycles. The van der Waals surface area contributed by atoms with Gasteiger partial charge >= 0.3 is 0 Å². The topological polar surface area (TPSA) is 43.0 Å². The second-order valence-electron chi connectivity index (χ2n) is 5.07. The molecule has 3 nitrogen and oxygen atoms in total. The lowest BCUT2D eigenvalue weighted by molar-refractivity contribution is 0.763. The molecule has 3 rings (SSSR count). The molecule has 0 bridgehead atoms. The normalized spacial score (nSPS) is 14.3. The molecule has 0 atom stereocenters. The molecule has 0 radical (unpaired) electrons. The van der Waals surface area contributed by atoms with Gasteiger partial charge in [0, 0.05) is 36.7 Å². The molecule has 2 aromatic rings. The van der Waals surface area contributed by atoms with Gasteiger partial charge in [-0.2, -0.15) is 0 Å². The van der Waals surface area contributed by atoms with Gasteiger partial charge in [-0.15, -0.1) is 0 Å². The molecule has 96 valence electrons. The molecule has 0 fully saturated rings. The molecule has 0 aliphatic carbocycles. The van der Waals surface area contributed by atoms with E-state index < -0.39 is 0 Å². The Labute approximate surface area is 108 Å². The SMILES string of the molecule is CCn1cc(CCCN)c2cc3c(cc21)CNC3. The number of hydrogen-bond acceptors (Lipinski definition) is 2. The molecule has 3 heteroatoms. The molecule has 0 saturated carbocycles. The van der Waals surface area contributed by atoms with E-state index in [1.54, 1.807) is 0 Å². The highest BCUT2D eigenvalue weighted by atomic mass is 15.0. The van der Waals surface area contributed by atoms with E-state index in [-0.39, 0.29) is 0 Å². The molecule has 18 heavy (non-hydrogen) atoms. The fourth-order valence-corrected chi connectivity index (χ4v) is 2.91. The van der Waals surface area contributed by atoms with Crippen molar-refractivity contribution in [2.75, 3.05) is 6.54 Å². The molecule has 1 aliphatic rings. The Balaban J connectivity index is 2.13. The van der Waals surface area contributed by atoms with Crippen molar-refractivity contribution in [1.29, 1.82) is 0 Å². The van der Waals surface area contributed by atoms with Crippen LogP contribution in [0.4, 0.5) is 0 Å². The largest absolute Gasteiger partial charge is 0.347 e. The van der Waals surface area contributed by atoms with Crippen LogP contribution in [-0.4, -0.2) is 11.1 Å². The van der Waals surface area contributed by atoms with Crippen molar-refractivity contribution in [2.24, 2.45) is 5.73 Å². The van der Waals surface area contributed by atoms with Gasteiger partial charge in [-0.3, -0.25) is 0 Å². The average Bonchev–Trinajstić information content (AvgIpc) is 2.97. The van der Waals surface area contributed by atoms with E-state index in [0.717, 1.165) is 39.0 Å². The number of rotatable bonds is 4. The molecule has 2 heterocycles. The van der Waals surface area contributed by atoms with Crippen LogP contribution >= 0.6 is 0 Å². The van der Waals surface area contributed by atoms with Crippen molar-refractivity contribution in [2.45, 2.75) is 39.4 Å². The van der Waals surface area contributed by atoms with E-state index in [9.17, 15) is 0 Å². The van der Waals surface area contributed by atoms with Gasteiger partial charge in [-0.05, 0) is 55.1 Å². The van der Waals surface area contributed by atoms with Crippen LogP contribution in [0.25, 0.3) is 10.9 Å². The summed E-state index contributed by atoms with van der Waals surface area (Å²) in [7, 11) is 0. The summed E-state index contributed by atoms with van der Waals surface area (Å²) in [6, 6.07) is 4.74. The number of fused-ring (bicyclic) bond motifs is 2. The second-order valence-corrected chi connectivity index (χ2v) is 5.07. The third kappa shape index (κ3) is 1.84. The Hall–Kier alpha value is -1.32. The zero-order chi connectivity index (χ0) is 12.5. The molecule has 0 amide bonds. The summed E-state index contributed by atoms with van der Waals surface area (Å²) in [5, 5.41) is 4.85. The van der Waals surface area contributed by atoms with Crippen molar-refractivity contribution in [1.82, 2.24) is 9.88 Å². The zero-order valence-corrected chi connectivity index (χ0v) is 11.0. The standard InChI is InChI=1S/C15H21N3/c1-2-18-10-11(4-3-5-16)14-6-12-8-17-9-13(12)7-15(14)18/h6-7,10,17H,2-5,8-9,16H2,1H3. The smallest absolute Gasteiger partial charge is 0.0486 e. The summed E-state index contributed by atoms with van der Waals surface area (Å²) in [5.74, 6) is 0. The van der Waals surface area contributed by atoms with Gasteiger partial charge in [0.2, 0.25) is 0 Å². The minimum Gasteiger partial charge on any atom is -0.347 e. The van der Waals surface area contributed by atoms with Crippen molar-refractivity contribution in [3.8, 4) is 0 Å². The van der Waals surface area contributed by atoms with Gasteiger partial charge in [-0.25, -0.2) is 0 Å². The molecule has 3 N–H and O–H groups in total. The van der Waals surface area contributed by atoms with E-state index in [1.807, 2.05) is 0 Å². The number of aromatic nitrogens is 1. The maximum atomic E-state index is 5.63. The Kier molecular flexibility index (Phi) is 3.10. The van der Waals surface area contributed by atoms with Crippen LogP contribution in [0, 0.1) is 0 Å². The van der Waals surface area contributed by atoms with Gasteiger partial charge in [0.25, 0.3) is 0 Å². The lowest BCUT2D eigenvalue weighted by Crippen LogP contribution is -2.00. The molecule has 0 saturated heterocycles. The van der Waals surface area contributed by atoms with Crippen LogP contribution in [0.1, 0.15) is 30.0 Å². The average molecular weight is 243 g/mol. The fraction of sp³-hybridized carbons (Fsp3) is 0.467. The second kappa shape index (κ2) is 4.75. The van der Waals surface area contributed by atoms with Gasteiger partial charge in [0.1, 0.15) is 0 Å². The van der Waals surface area contributed by atoms with Crippen molar-refractivity contribution >= 4 is 10.9 Å². The lowest BCUT2D eigenvalue weighted by Gasteiger charge is -2.03. The maximum Gasteiger partial charge on any atom is 0.0486 e. The number of aryl methyl sites for hydroxylation is 2. The van der Waals surface area contributed by atoms with E-state index in [4.69, 9.17) is 5.73 Å². The van der Waals surface area contributed by atoms with Crippen LogP contribution in [0.2, 0.25) is 0 Å². The molecule has 0 unspecified atom stereocenters. The van der Waals surface area contributed by atoms with Crippen LogP contribution < -0.4 is 11.1 Å². The molecule has 0 spiro atoms. The maximum absolute atomic E-state index is 5.63. The van der Waals surface area contributed by atoms with E-state index in [1.165, 1.54) is 27.6 Å². The molecule has 1 aromatic heterocycles. The van der Waals surface area contributed by atoms with Gasteiger partial charge in [-0.1, -0.05) is 0 Å². The number of benzene rings is 1. The predicted octanol–water partition coefficient (Wildman–Crippen LogP) is 2.16. The zero-order valence-electron chi connectivity index (χ0n) is 11.0. The van der Waals surface area contributed by atoms with Crippen molar-refractivity contribution in [3.63, 3.8) is 0 Å². The summed E-state index contributed by atoms with van der Waals surface area (Å²) in [5.41, 5.74) is 11.4. The number of hydrogen-bond donors (Lipinski definition) is 2. The van der Waals surface area contributed by atoms with Crippen LogP contribution in [0.3, 0.4) is 0 Å². The highest BCUT2D eigenvalue weighted by Gasteiger charge is 2.15. The highest BCUT2D eigenvalue weighted by molar-refractivity contribution is 5.86. The quantitative estimate of drug-likeness (QED) is 0.864. The predicted molar refractivity (Wildman–Crippen MR) is 75.5 cm³/mol. The van der Waals surface area contributed by atoms with Gasteiger partial charge in [0.05, 0.1) is 0 Å². The minimum atomic E-state index is 0.769. The lowest BCUT2D eigenvalue weighted by atomic mass is 10.0. The van der Waals surface area contributed by atoms with Gasteiger partial charge in [0.15, 0.2) is 0 Å².